The van der Waals surface area contributed by atoms with E-state index in [4.69, 9.17) is 0 Å². The molecular weight excluding hydrogens is 268 g/mol. The predicted octanol–water partition coefficient (Wildman–Crippen LogP) is 3.61. The molecule has 0 fully saturated rings. The van der Waals surface area contributed by atoms with Crippen molar-refractivity contribution < 1.29 is 0 Å². The standard InChI is InChI=1S/C15H18N4S/c1-10-6-5-7-11(2)13(10)17-8-12-9-18-15(20-4)19-14(12)16-3/h5-9H,1-4H3,(H,16,18,19). The number of anilines is 1. The highest BCUT2D eigenvalue weighted by Crippen LogP contribution is 2.23. The molecule has 0 spiro atoms. The Morgan fingerprint density at radius 2 is 1.95 bits per heavy atom. The first-order chi connectivity index (χ1) is 9.65. The van der Waals surface area contributed by atoms with Crippen LogP contribution in [-0.2, 0) is 0 Å². The van der Waals surface area contributed by atoms with Crippen molar-refractivity contribution in [3.05, 3.63) is 41.1 Å². The highest BCUT2D eigenvalue weighted by Gasteiger charge is 2.04. The summed E-state index contributed by atoms with van der Waals surface area (Å²) in [7, 11) is 1.85. The Kier molecular flexibility index (Phi) is 4.74. The molecule has 1 N–H and O–H groups in total. The Labute approximate surface area is 123 Å². The minimum absolute atomic E-state index is 0.749. The van der Waals surface area contributed by atoms with Crippen molar-refractivity contribution in [2.45, 2.75) is 19.0 Å². The van der Waals surface area contributed by atoms with Gasteiger partial charge in [-0.15, -0.1) is 0 Å². The first-order valence-corrected chi connectivity index (χ1v) is 7.57. The molecule has 1 aromatic carbocycles. The van der Waals surface area contributed by atoms with Crippen LogP contribution in [0.1, 0.15) is 16.7 Å². The topological polar surface area (TPSA) is 50.2 Å². The van der Waals surface area contributed by atoms with Gasteiger partial charge in [0.05, 0.1) is 11.3 Å². The van der Waals surface area contributed by atoms with Gasteiger partial charge in [0.1, 0.15) is 5.82 Å². The number of nitrogens with one attached hydrogen (secondary N) is 1. The number of hydrogen-bond acceptors (Lipinski definition) is 5. The Morgan fingerprint density at radius 1 is 1.25 bits per heavy atom. The third-order valence-electron chi connectivity index (χ3n) is 2.99. The summed E-state index contributed by atoms with van der Waals surface area (Å²) in [6.45, 7) is 4.12. The third-order valence-corrected chi connectivity index (χ3v) is 3.55. The molecule has 0 atom stereocenters. The fourth-order valence-corrected chi connectivity index (χ4v) is 2.25. The van der Waals surface area contributed by atoms with Crippen LogP contribution in [0.4, 0.5) is 11.5 Å². The van der Waals surface area contributed by atoms with E-state index in [-0.39, 0.29) is 0 Å². The number of thioether (sulfide) groups is 1. The van der Waals surface area contributed by atoms with Crippen molar-refractivity contribution in [2.24, 2.45) is 4.99 Å². The zero-order valence-corrected chi connectivity index (χ0v) is 13.0. The maximum Gasteiger partial charge on any atom is 0.189 e. The van der Waals surface area contributed by atoms with Crippen LogP contribution in [0.5, 0.6) is 0 Å². The second kappa shape index (κ2) is 6.52. The molecule has 2 aromatic rings. The smallest absolute Gasteiger partial charge is 0.189 e. The monoisotopic (exact) mass is 286 g/mol. The lowest BCUT2D eigenvalue weighted by Crippen LogP contribution is -2.00. The summed E-state index contributed by atoms with van der Waals surface area (Å²) in [5.74, 6) is 0.791. The number of hydrogen-bond donors (Lipinski definition) is 1. The Bertz CT molecular complexity index is 618. The average Bonchev–Trinajstić information content (AvgIpc) is 2.46. The number of aliphatic imine (C=N–C) groups is 1. The molecule has 4 nitrogen and oxygen atoms in total. The van der Waals surface area contributed by atoms with Gasteiger partial charge >= 0.3 is 0 Å². The molecule has 1 aromatic heterocycles. The van der Waals surface area contributed by atoms with E-state index in [0.717, 1.165) is 33.4 Å². The molecule has 0 saturated carbocycles. The van der Waals surface area contributed by atoms with E-state index < -0.39 is 0 Å². The molecule has 0 unspecified atom stereocenters. The van der Waals surface area contributed by atoms with Gasteiger partial charge in [0.15, 0.2) is 5.16 Å². The lowest BCUT2D eigenvalue weighted by Gasteiger charge is -2.06. The van der Waals surface area contributed by atoms with Gasteiger partial charge in [0.2, 0.25) is 0 Å². The number of rotatable bonds is 4. The summed E-state index contributed by atoms with van der Waals surface area (Å²) in [5, 5.41) is 3.83. The molecule has 5 heteroatoms. The lowest BCUT2D eigenvalue weighted by atomic mass is 10.1. The van der Waals surface area contributed by atoms with Crippen LogP contribution in [0.3, 0.4) is 0 Å². The molecule has 0 bridgehead atoms. The maximum atomic E-state index is 4.59. The molecule has 0 aliphatic rings. The van der Waals surface area contributed by atoms with Crippen LogP contribution in [0.25, 0.3) is 0 Å². The summed E-state index contributed by atoms with van der Waals surface area (Å²) in [6, 6.07) is 6.16. The predicted molar refractivity (Wildman–Crippen MR) is 86.5 cm³/mol. The van der Waals surface area contributed by atoms with E-state index in [0.29, 0.717) is 0 Å². The highest BCUT2D eigenvalue weighted by molar-refractivity contribution is 7.98. The number of para-hydroxylation sites is 1. The van der Waals surface area contributed by atoms with E-state index in [1.807, 2.05) is 25.6 Å². The van der Waals surface area contributed by atoms with Crippen molar-refractivity contribution in [2.75, 3.05) is 18.6 Å². The first-order valence-electron chi connectivity index (χ1n) is 6.34. The summed E-state index contributed by atoms with van der Waals surface area (Å²) in [5.41, 5.74) is 4.21. The van der Waals surface area contributed by atoms with Crippen LogP contribution in [0.2, 0.25) is 0 Å². The summed E-state index contributed by atoms with van der Waals surface area (Å²) in [4.78, 5) is 13.3. The molecule has 0 saturated heterocycles. The number of aromatic nitrogens is 2. The van der Waals surface area contributed by atoms with Crippen molar-refractivity contribution in [1.29, 1.82) is 0 Å². The van der Waals surface area contributed by atoms with Gasteiger partial charge in [-0.3, -0.25) is 4.99 Å². The second-order valence-corrected chi connectivity index (χ2v) is 5.18. The van der Waals surface area contributed by atoms with E-state index >= 15 is 0 Å². The zero-order chi connectivity index (χ0) is 14.5. The summed E-state index contributed by atoms with van der Waals surface area (Å²) in [6.07, 6.45) is 5.56. The highest BCUT2D eigenvalue weighted by atomic mass is 32.2. The molecule has 0 aliphatic heterocycles. The van der Waals surface area contributed by atoms with Crippen LogP contribution >= 0.6 is 11.8 Å². The zero-order valence-electron chi connectivity index (χ0n) is 12.1. The van der Waals surface area contributed by atoms with Crippen LogP contribution in [0.15, 0.2) is 34.5 Å². The van der Waals surface area contributed by atoms with Gasteiger partial charge in [-0.2, -0.15) is 0 Å². The maximum absolute atomic E-state index is 4.59. The lowest BCUT2D eigenvalue weighted by molar-refractivity contribution is 0.969. The second-order valence-electron chi connectivity index (χ2n) is 4.41. The molecule has 1 heterocycles. The fraction of sp³-hybridized carbons (Fsp3) is 0.267. The largest absolute Gasteiger partial charge is 0.372 e. The van der Waals surface area contributed by atoms with E-state index in [1.165, 1.54) is 11.8 Å². The number of aryl methyl sites for hydroxylation is 2. The number of benzene rings is 1. The fourth-order valence-electron chi connectivity index (χ4n) is 1.91. The van der Waals surface area contributed by atoms with Crippen molar-refractivity contribution >= 4 is 29.5 Å². The quantitative estimate of drug-likeness (QED) is 0.530. The van der Waals surface area contributed by atoms with Crippen molar-refractivity contribution in [3.63, 3.8) is 0 Å². The van der Waals surface area contributed by atoms with Gasteiger partial charge < -0.3 is 5.32 Å². The van der Waals surface area contributed by atoms with E-state index in [1.54, 1.807) is 6.20 Å². The van der Waals surface area contributed by atoms with E-state index in [9.17, 15) is 0 Å². The summed E-state index contributed by atoms with van der Waals surface area (Å²) < 4.78 is 0. The van der Waals surface area contributed by atoms with Gasteiger partial charge in [-0.1, -0.05) is 30.0 Å². The van der Waals surface area contributed by atoms with Crippen LogP contribution in [0, 0.1) is 13.8 Å². The Hall–Kier alpha value is -1.88. The van der Waals surface area contributed by atoms with Gasteiger partial charge in [0, 0.05) is 19.5 Å². The Balaban J connectivity index is 2.36. The molecule has 104 valence electrons. The molecule has 0 radical (unpaired) electrons. The van der Waals surface area contributed by atoms with Gasteiger partial charge in [0.25, 0.3) is 0 Å². The average molecular weight is 286 g/mol. The molecule has 20 heavy (non-hydrogen) atoms. The third kappa shape index (κ3) is 3.17. The normalized spacial score (nSPS) is 11.0. The van der Waals surface area contributed by atoms with Crippen LogP contribution in [-0.4, -0.2) is 29.5 Å². The summed E-state index contributed by atoms with van der Waals surface area (Å²) >= 11 is 1.52. The molecule has 0 amide bonds. The van der Waals surface area contributed by atoms with Gasteiger partial charge in [-0.05, 0) is 31.2 Å². The van der Waals surface area contributed by atoms with E-state index in [2.05, 4.69) is 46.3 Å². The SMILES string of the molecule is CNc1nc(SC)ncc1C=Nc1c(C)cccc1C. The molecule has 0 aliphatic carbocycles. The van der Waals surface area contributed by atoms with Crippen molar-refractivity contribution in [3.8, 4) is 0 Å². The number of nitrogens with zero attached hydrogens (tertiary/aromatic N) is 3. The minimum atomic E-state index is 0.749. The first kappa shape index (κ1) is 14.5. The van der Waals surface area contributed by atoms with Crippen molar-refractivity contribution in [1.82, 2.24) is 9.97 Å². The van der Waals surface area contributed by atoms with Gasteiger partial charge in [-0.25, -0.2) is 9.97 Å². The van der Waals surface area contributed by atoms with Crippen LogP contribution < -0.4 is 5.32 Å². The molecular formula is C15H18N4S. The molecule has 2 rings (SSSR count). The Morgan fingerprint density at radius 3 is 2.55 bits per heavy atom. The minimum Gasteiger partial charge on any atom is -0.372 e.